The number of H-pyrrole nitrogens is 1. The first-order chi connectivity index (χ1) is 8.67. The third kappa shape index (κ3) is 4.44. The third-order valence-corrected chi connectivity index (χ3v) is 2.26. The summed E-state index contributed by atoms with van der Waals surface area (Å²) in [4.78, 5) is 29.6. The lowest BCUT2D eigenvalue weighted by Gasteiger charge is -2.15. The van der Waals surface area contributed by atoms with E-state index in [4.69, 9.17) is 4.74 Å². The van der Waals surface area contributed by atoms with Gasteiger partial charge in [-0.25, -0.2) is 9.78 Å². The Morgan fingerprint density at radius 1 is 1.50 bits per heavy atom. The molecule has 0 aliphatic carbocycles. The monoisotopic (exact) mass is 254 g/mol. The molecule has 2 amide bonds. The van der Waals surface area contributed by atoms with E-state index in [1.165, 1.54) is 0 Å². The second-order valence-electron chi connectivity index (χ2n) is 3.57. The van der Waals surface area contributed by atoms with Gasteiger partial charge in [0, 0.05) is 12.4 Å². The van der Waals surface area contributed by atoms with E-state index in [9.17, 15) is 9.59 Å². The Labute approximate surface area is 105 Å². The molecule has 0 bridgehead atoms. The molecule has 18 heavy (non-hydrogen) atoms. The van der Waals surface area contributed by atoms with Crippen molar-refractivity contribution in [2.24, 2.45) is 0 Å². The minimum atomic E-state index is -0.460. The number of hydrogen-bond donors (Lipinski definition) is 3. The number of amides is 2. The van der Waals surface area contributed by atoms with Gasteiger partial charge in [-0.3, -0.25) is 4.79 Å². The number of ether oxygens (including phenoxy) is 1. The molecule has 100 valence electrons. The van der Waals surface area contributed by atoms with Gasteiger partial charge in [0.15, 0.2) is 0 Å². The molecule has 0 aliphatic heterocycles. The molecule has 0 radical (unpaired) electrons. The van der Waals surface area contributed by atoms with Crippen molar-refractivity contribution in [1.29, 1.82) is 0 Å². The molecule has 1 heterocycles. The first-order valence-corrected chi connectivity index (χ1v) is 5.86. The number of hydrogen-bond acceptors (Lipinski definition) is 4. The van der Waals surface area contributed by atoms with Crippen molar-refractivity contribution in [2.75, 3.05) is 13.2 Å². The minimum absolute atomic E-state index is 0.145. The highest BCUT2D eigenvalue weighted by atomic mass is 16.5. The number of urea groups is 1. The highest BCUT2D eigenvalue weighted by molar-refractivity contribution is 5.80. The molecular weight excluding hydrogens is 236 g/mol. The van der Waals surface area contributed by atoms with Crippen LogP contribution in [0.3, 0.4) is 0 Å². The normalized spacial score (nSPS) is 11.7. The van der Waals surface area contributed by atoms with Crippen molar-refractivity contribution in [2.45, 2.75) is 26.3 Å². The topological polar surface area (TPSA) is 96.1 Å². The molecule has 1 aromatic rings. The number of carbonyl (C=O) groups excluding carboxylic acids is 2. The van der Waals surface area contributed by atoms with Crippen molar-refractivity contribution < 1.29 is 14.3 Å². The number of aromatic amines is 1. The van der Waals surface area contributed by atoms with Crippen LogP contribution in [0.2, 0.25) is 0 Å². The van der Waals surface area contributed by atoms with E-state index in [1.54, 1.807) is 19.3 Å². The highest BCUT2D eigenvalue weighted by Gasteiger charge is 2.15. The van der Waals surface area contributed by atoms with Crippen molar-refractivity contribution in [3.63, 3.8) is 0 Å². The molecule has 1 aromatic heterocycles. The standard InChI is InChI=1S/C11H18N4O3/c1-3-8(10-12-5-6-13-10)15-11(17)14-7-9(16)18-4-2/h5-6,8H,3-4,7H2,1-2H3,(H,12,13)(H2,14,15,17). The Hall–Kier alpha value is -2.05. The fourth-order valence-electron chi connectivity index (χ4n) is 1.41. The largest absolute Gasteiger partial charge is 0.465 e. The lowest BCUT2D eigenvalue weighted by Crippen LogP contribution is -2.40. The zero-order valence-corrected chi connectivity index (χ0v) is 10.5. The molecule has 0 saturated heterocycles. The quantitative estimate of drug-likeness (QED) is 0.652. The first-order valence-electron chi connectivity index (χ1n) is 5.86. The fourth-order valence-corrected chi connectivity index (χ4v) is 1.41. The second-order valence-corrected chi connectivity index (χ2v) is 3.57. The molecule has 0 aliphatic rings. The van der Waals surface area contributed by atoms with Crippen LogP contribution in [0.4, 0.5) is 4.79 Å². The van der Waals surface area contributed by atoms with Gasteiger partial charge in [0.25, 0.3) is 0 Å². The van der Waals surface area contributed by atoms with Gasteiger partial charge in [-0.15, -0.1) is 0 Å². The predicted octanol–water partition coefficient (Wildman–Crippen LogP) is 0.723. The maximum Gasteiger partial charge on any atom is 0.325 e. The van der Waals surface area contributed by atoms with Gasteiger partial charge < -0.3 is 20.4 Å². The smallest absolute Gasteiger partial charge is 0.325 e. The Bertz CT molecular complexity index is 378. The zero-order chi connectivity index (χ0) is 13.4. The van der Waals surface area contributed by atoms with Gasteiger partial charge in [0.2, 0.25) is 0 Å². The van der Waals surface area contributed by atoms with Gasteiger partial charge in [-0.2, -0.15) is 0 Å². The summed E-state index contributed by atoms with van der Waals surface area (Å²) in [6.07, 6.45) is 4.01. The van der Waals surface area contributed by atoms with Crippen molar-refractivity contribution in [3.05, 3.63) is 18.2 Å². The van der Waals surface area contributed by atoms with Crippen LogP contribution in [0.5, 0.6) is 0 Å². The van der Waals surface area contributed by atoms with Crippen LogP contribution < -0.4 is 10.6 Å². The van der Waals surface area contributed by atoms with E-state index < -0.39 is 12.0 Å². The van der Waals surface area contributed by atoms with Crippen LogP contribution >= 0.6 is 0 Å². The summed E-state index contributed by atoms with van der Waals surface area (Å²) in [6, 6.07) is -0.631. The van der Waals surface area contributed by atoms with Crippen molar-refractivity contribution in [1.82, 2.24) is 20.6 Å². The molecule has 7 nitrogen and oxygen atoms in total. The van der Waals surface area contributed by atoms with Crippen LogP contribution in [0.15, 0.2) is 12.4 Å². The molecule has 0 saturated carbocycles. The molecule has 0 aromatic carbocycles. The Balaban J connectivity index is 2.36. The molecule has 1 rings (SSSR count). The molecule has 0 fully saturated rings. The van der Waals surface area contributed by atoms with Gasteiger partial charge >= 0.3 is 12.0 Å². The minimum Gasteiger partial charge on any atom is -0.465 e. The molecule has 3 N–H and O–H groups in total. The number of nitrogens with zero attached hydrogens (tertiary/aromatic N) is 1. The van der Waals surface area contributed by atoms with Gasteiger partial charge in [0.05, 0.1) is 12.6 Å². The van der Waals surface area contributed by atoms with E-state index in [-0.39, 0.29) is 12.6 Å². The van der Waals surface area contributed by atoms with E-state index in [2.05, 4.69) is 20.6 Å². The number of imidazole rings is 1. The zero-order valence-electron chi connectivity index (χ0n) is 10.5. The van der Waals surface area contributed by atoms with Gasteiger partial charge in [-0.1, -0.05) is 6.92 Å². The Kier molecular flexibility index (Phi) is 5.69. The maximum atomic E-state index is 11.5. The second kappa shape index (κ2) is 7.31. The van der Waals surface area contributed by atoms with Crippen LogP contribution in [-0.2, 0) is 9.53 Å². The average molecular weight is 254 g/mol. The van der Waals surface area contributed by atoms with E-state index in [0.717, 1.165) is 0 Å². The van der Waals surface area contributed by atoms with Crippen LogP contribution in [0, 0.1) is 0 Å². The summed E-state index contributed by atoms with van der Waals surface area (Å²) < 4.78 is 4.70. The number of carbonyl (C=O) groups is 2. The van der Waals surface area contributed by atoms with Gasteiger partial charge in [0.1, 0.15) is 12.4 Å². The van der Waals surface area contributed by atoms with Crippen LogP contribution in [0.1, 0.15) is 32.1 Å². The Morgan fingerprint density at radius 2 is 2.28 bits per heavy atom. The Morgan fingerprint density at radius 3 is 2.83 bits per heavy atom. The first kappa shape index (κ1) is 14.0. The van der Waals surface area contributed by atoms with Crippen LogP contribution in [0.25, 0.3) is 0 Å². The van der Waals surface area contributed by atoms with Crippen molar-refractivity contribution in [3.8, 4) is 0 Å². The van der Waals surface area contributed by atoms with Gasteiger partial charge in [-0.05, 0) is 13.3 Å². The SMILES string of the molecule is CCOC(=O)CNC(=O)NC(CC)c1ncc[nH]1. The molecule has 1 atom stereocenters. The van der Waals surface area contributed by atoms with E-state index in [0.29, 0.717) is 18.9 Å². The maximum absolute atomic E-state index is 11.5. The van der Waals surface area contributed by atoms with E-state index >= 15 is 0 Å². The summed E-state index contributed by atoms with van der Waals surface area (Å²) in [7, 11) is 0. The summed E-state index contributed by atoms with van der Waals surface area (Å²) in [5.74, 6) is 0.225. The fraction of sp³-hybridized carbons (Fsp3) is 0.545. The number of nitrogens with one attached hydrogen (secondary N) is 3. The average Bonchev–Trinajstić information content (AvgIpc) is 2.87. The predicted molar refractivity (Wildman–Crippen MR) is 64.8 cm³/mol. The summed E-state index contributed by atoms with van der Waals surface area (Å²) in [5, 5.41) is 5.14. The summed E-state index contributed by atoms with van der Waals surface area (Å²) in [6.45, 7) is 3.79. The number of aromatic nitrogens is 2. The summed E-state index contributed by atoms with van der Waals surface area (Å²) in [5.41, 5.74) is 0. The molecular formula is C11H18N4O3. The molecule has 0 spiro atoms. The highest BCUT2D eigenvalue weighted by Crippen LogP contribution is 2.10. The van der Waals surface area contributed by atoms with Crippen molar-refractivity contribution >= 4 is 12.0 Å². The van der Waals surface area contributed by atoms with E-state index in [1.807, 2.05) is 6.92 Å². The van der Waals surface area contributed by atoms with Crippen LogP contribution in [-0.4, -0.2) is 35.1 Å². The lowest BCUT2D eigenvalue weighted by molar-refractivity contribution is -0.141. The molecule has 7 heteroatoms. The number of rotatable bonds is 6. The summed E-state index contributed by atoms with van der Waals surface area (Å²) >= 11 is 0. The lowest BCUT2D eigenvalue weighted by atomic mass is 10.2. The number of esters is 1. The molecule has 1 unspecified atom stereocenters. The third-order valence-electron chi connectivity index (χ3n) is 2.26.